The maximum absolute atomic E-state index is 11.7. The van der Waals surface area contributed by atoms with Gasteiger partial charge in [0.15, 0.2) is 0 Å². The van der Waals surface area contributed by atoms with Crippen LogP contribution in [-0.2, 0) is 4.74 Å². The molecule has 0 aromatic heterocycles. The summed E-state index contributed by atoms with van der Waals surface area (Å²) in [6.07, 6.45) is 4.52. The third kappa shape index (κ3) is 6.94. The fourth-order valence-corrected chi connectivity index (χ4v) is 2.55. The Bertz CT molecular complexity index is 334. The largest absolute Gasteiger partial charge is 0.444 e. The molecule has 2 N–H and O–H groups in total. The number of ether oxygens (including phenoxy) is 1. The molecule has 0 radical (unpaired) electrons. The minimum absolute atomic E-state index is 0.318. The van der Waals surface area contributed by atoms with E-state index in [1.54, 1.807) is 0 Å². The number of hydrogen-bond acceptors (Lipinski definition) is 3. The van der Waals surface area contributed by atoms with Crippen LogP contribution in [0.25, 0.3) is 0 Å². The van der Waals surface area contributed by atoms with Crippen molar-refractivity contribution >= 4 is 6.09 Å². The predicted octanol–water partition coefficient (Wildman–Crippen LogP) is 3.24. The van der Waals surface area contributed by atoms with E-state index < -0.39 is 5.60 Å². The van der Waals surface area contributed by atoms with Crippen LogP contribution >= 0.6 is 0 Å². The van der Waals surface area contributed by atoms with E-state index in [1.165, 1.54) is 19.3 Å². The zero-order valence-electron chi connectivity index (χ0n) is 13.4. The van der Waals surface area contributed by atoms with Gasteiger partial charge >= 0.3 is 6.09 Å². The van der Waals surface area contributed by atoms with E-state index >= 15 is 0 Å². The van der Waals surface area contributed by atoms with Gasteiger partial charge in [-0.2, -0.15) is 0 Å². The Labute approximate surface area is 123 Å². The first-order valence-electron chi connectivity index (χ1n) is 7.62. The molecule has 116 valence electrons. The third-order valence-corrected chi connectivity index (χ3v) is 3.48. The van der Waals surface area contributed by atoms with Gasteiger partial charge in [-0.1, -0.05) is 25.0 Å². The Morgan fingerprint density at radius 2 is 1.95 bits per heavy atom. The number of carbonyl (C=O) groups excluding carboxylic acids is 1. The Kier molecular flexibility index (Phi) is 6.53. The SMILES string of the molecule is C=C(C)CNC1CCCCC1CNC(=O)OC(C)(C)C. The maximum Gasteiger partial charge on any atom is 0.407 e. The summed E-state index contributed by atoms with van der Waals surface area (Å²) in [6.45, 7) is 13.1. The molecule has 0 bridgehead atoms. The van der Waals surface area contributed by atoms with E-state index in [0.717, 1.165) is 18.5 Å². The number of rotatable bonds is 5. The third-order valence-electron chi connectivity index (χ3n) is 3.48. The summed E-state index contributed by atoms with van der Waals surface area (Å²) in [7, 11) is 0. The lowest BCUT2D eigenvalue weighted by molar-refractivity contribution is 0.0511. The second-order valence-electron chi connectivity index (χ2n) is 6.87. The molecule has 0 saturated heterocycles. The molecule has 1 fully saturated rings. The Hall–Kier alpha value is -1.03. The van der Waals surface area contributed by atoms with Gasteiger partial charge in [0.2, 0.25) is 0 Å². The van der Waals surface area contributed by atoms with Crippen molar-refractivity contribution < 1.29 is 9.53 Å². The molecular formula is C16H30N2O2. The monoisotopic (exact) mass is 282 g/mol. The van der Waals surface area contributed by atoms with E-state index in [2.05, 4.69) is 17.2 Å². The fraction of sp³-hybridized carbons (Fsp3) is 0.812. The number of carbonyl (C=O) groups is 1. The normalized spacial score (nSPS) is 23.2. The second kappa shape index (κ2) is 7.67. The highest BCUT2D eigenvalue weighted by molar-refractivity contribution is 5.67. The summed E-state index contributed by atoms with van der Waals surface area (Å²) in [5.41, 5.74) is 0.711. The van der Waals surface area contributed by atoms with Gasteiger partial charge in [-0.05, 0) is 46.5 Å². The maximum atomic E-state index is 11.7. The number of amides is 1. The van der Waals surface area contributed by atoms with Crippen LogP contribution in [0, 0.1) is 5.92 Å². The molecule has 1 saturated carbocycles. The van der Waals surface area contributed by atoms with Crippen molar-refractivity contribution in [2.75, 3.05) is 13.1 Å². The average Bonchev–Trinajstić information content (AvgIpc) is 2.32. The van der Waals surface area contributed by atoms with Crippen LogP contribution in [0.1, 0.15) is 53.4 Å². The quantitative estimate of drug-likeness (QED) is 0.761. The summed E-state index contributed by atoms with van der Waals surface area (Å²) in [5.74, 6) is 0.482. The van der Waals surface area contributed by atoms with E-state index in [9.17, 15) is 4.79 Å². The standard InChI is InChI=1S/C16H30N2O2/c1-12(2)10-17-14-9-7-6-8-13(14)11-18-15(19)20-16(3,4)5/h13-14,17H,1,6-11H2,2-5H3,(H,18,19). The molecule has 1 aliphatic carbocycles. The molecule has 0 aliphatic heterocycles. The van der Waals surface area contributed by atoms with Gasteiger partial charge in [0.1, 0.15) is 5.60 Å². The molecule has 2 unspecified atom stereocenters. The van der Waals surface area contributed by atoms with E-state index in [-0.39, 0.29) is 6.09 Å². The van der Waals surface area contributed by atoms with Crippen LogP contribution in [0.4, 0.5) is 4.79 Å². The highest BCUT2D eigenvalue weighted by Crippen LogP contribution is 2.24. The zero-order valence-corrected chi connectivity index (χ0v) is 13.4. The summed E-state index contributed by atoms with van der Waals surface area (Å²) in [6, 6.07) is 0.468. The van der Waals surface area contributed by atoms with E-state index in [1.807, 2.05) is 27.7 Å². The number of hydrogen-bond donors (Lipinski definition) is 2. The van der Waals surface area contributed by atoms with Crippen LogP contribution in [0.5, 0.6) is 0 Å². The molecule has 0 spiro atoms. The van der Waals surface area contributed by atoms with Crippen LogP contribution in [0.3, 0.4) is 0 Å². The van der Waals surface area contributed by atoms with Gasteiger partial charge < -0.3 is 15.4 Å². The minimum Gasteiger partial charge on any atom is -0.444 e. The van der Waals surface area contributed by atoms with Crippen molar-refractivity contribution in [3.63, 3.8) is 0 Å². The lowest BCUT2D eigenvalue weighted by atomic mass is 9.84. The Balaban J connectivity index is 2.38. The molecule has 1 rings (SSSR count). The molecule has 0 aromatic rings. The molecule has 20 heavy (non-hydrogen) atoms. The Morgan fingerprint density at radius 1 is 1.30 bits per heavy atom. The van der Waals surface area contributed by atoms with Crippen molar-refractivity contribution in [3.8, 4) is 0 Å². The topological polar surface area (TPSA) is 50.4 Å². The predicted molar refractivity (Wildman–Crippen MR) is 82.8 cm³/mol. The summed E-state index contributed by atoms with van der Waals surface area (Å²) in [4.78, 5) is 11.7. The smallest absolute Gasteiger partial charge is 0.407 e. The molecule has 1 aliphatic rings. The molecule has 0 aromatic carbocycles. The van der Waals surface area contributed by atoms with Gasteiger partial charge in [-0.15, -0.1) is 0 Å². The molecule has 4 heteroatoms. The highest BCUT2D eigenvalue weighted by atomic mass is 16.6. The minimum atomic E-state index is -0.436. The van der Waals surface area contributed by atoms with E-state index in [0.29, 0.717) is 18.5 Å². The Morgan fingerprint density at radius 3 is 2.55 bits per heavy atom. The first kappa shape index (κ1) is 17.0. The molecule has 2 atom stereocenters. The van der Waals surface area contributed by atoms with Crippen LogP contribution in [0.2, 0.25) is 0 Å². The van der Waals surface area contributed by atoms with Crippen molar-refractivity contribution in [3.05, 3.63) is 12.2 Å². The lowest BCUT2D eigenvalue weighted by Gasteiger charge is -2.33. The van der Waals surface area contributed by atoms with Gasteiger partial charge in [-0.25, -0.2) is 4.79 Å². The first-order valence-corrected chi connectivity index (χ1v) is 7.62. The zero-order chi connectivity index (χ0) is 15.2. The van der Waals surface area contributed by atoms with Crippen LogP contribution < -0.4 is 10.6 Å². The van der Waals surface area contributed by atoms with Crippen molar-refractivity contribution in [2.24, 2.45) is 5.92 Å². The summed E-state index contributed by atoms with van der Waals surface area (Å²) in [5, 5.41) is 6.45. The first-order chi connectivity index (χ1) is 9.28. The van der Waals surface area contributed by atoms with Gasteiger partial charge in [-0.3, -0.25) is 0 Å². The highest BCUT2D eigenvalue weighted by Gasteiger charge is 2.25. The van der Waals surface area contributed by atoms with Crippen LogP contribution in [-0.4, -0.2) is 30.8 Å². The van der Waals surface area contributed by atoms with Gasteiger partial charge in [0.05, 0.1) is 0 Å². The molecule has 4 nitrogen and oxygen atoms in total. The average molecular weight is 282 g/mol. The van der Waals surface area contributed by atoms with E-state index in [4.69, 9.17) is 4.74 Å². The van der Waals surface area contributed by atoms with Gasteiger partial charge in [0, 0.05) is 19.1 Å². The van der Waals surface area contributed by atoms with Crippen molar-refractivity contribution in [1.29, 1.82) is 0 Å². The molecule has 1 amide bonds. The van der Waals surface area contributed by atoms with Gasteiger partial charge in [0.25, 0.3) is 0 Å². The molecular weight excluding hydrogens is 252 g/mol. The van der Waals surface area contributed by atoms with Crippen molar-refractivity contribution in [2.45, 2.75) is 65.0 Å². The summed E-state index contributed by atoms with van der Waals surface area (Å²) < 4.78 is 5.28. The summed E-state index contributed by atoms with van der Waals surface area (Å²) >= 11 is 0. The lowest BCUT2D eigenvalue weighted by Crippen LogP contribution is -2.45. The number of nitrogens with one attached hydrogen (secondary N) is 2. The number of alkyl carbamates (subject to hydrolysis) is 1. The van der Waals surface area contributed by atoms with Crippen LogP contribution in [0.15, 0.2) is 12.2 Å². The second-order valence-corrected chi connectivity index (χ2v) is 6.87. The molecule has 0 heterocycles. The van der Waals surface area contributed by atoms with Crippen molar-refractivity contribution in [1.82, 2.24) is 10.6 Å². The fourth-order valence-electron chi connectivity index (χ4n) is 2.55.